The van der Waals surface area contributed by atoms with E-state index in [-0.39, 0.29) is 17.4 Å². The SMILES string of the molecule is O=C(Nc1nccc(Nc2ccnc3[nH]c(=O)ccc23)n1)c1ccccc1. The van der Waals surface area contributed by atoms with Crippen LogP contribution in [0, 0.1) is 0 Å². The highest BCUT2D eigenvalue weighted by molar-refractivity contribution is 6.03. The summed E-state index contributed by atoms with van der Waals surface area (Å²) >= 11 is 0. The number of nitrogens with one attached hydrogen (secondary N) is 3. The van der Waals surface area contributed by atoms with Gasteiger partial charge >= 0.3 is 0 Å². The Balaban J connectivity index is 1.58. The molecule has 0 bridgehead atoms. The maximum atomic E-state index is 12.2. The van der Waals surface area contributed by atoms with Crippen molar-refractivity contribution in [1.82, 2.24) is 19.9 Å². The van der Waals surface area contributed by atoms with Crippen LogP contribution in [0.25, 0.3) is 11.0 Å². The standard InChI is InChI=1S/C19H14N6O2/c26-16-7-6-13-14(8-10-20-17(13)24-16)22-15-9-11-21-19(23-15)25-18(27)12-4-2-1-3-5-12/h1-11H,(H3,20,21,22,23,24,25,26,27). The van der Waals surface area contributed by atoms with E-state index in [9.17, 15) is 9.59 Å². The zero-order valence-corrected chi connectivity index (χ0v) is 14.0. The van der Waals surface area contributed by atoms with Gasteiger partial charge in [0.15, 0.2) is 0 Å². The molecule has 0 spiro atoms. The summed E-state index contributed by atoms with van der Waals surface area (Å²) in [7, 11) is 0. The van der Waals surface area contributed by atoms with Gasteiger partial charge in [-0.25, -0.2) is 9.97 Å². The van der Waals surface area contributed by atoms with Crippen molar-refractivity contribution in [1.29, 1.82) is 0 Å². The lowest BCUT2D eigenvalue weighted by Gasteiger charge is -2.09. The fraction of sp³-hybridized carbons (Fsp3) is 0. The molecule has 0 aliphatic heterocycles. The molecule has 4 rings (SSSR count). The zero-order valence-electron chi connectivity index (χ0n) is 14.0. The molecule has 3 aromatic heterocycles. The van der Waals surface area contributed by atoms with Gasteiger partial charge in [-0.1, -0.05) is 18.2 Å². The van der Waals surface area contributed by atoms with Gasteiger partial charge in [-0.3, -0.25) is 14.9 Å². The van der Waals surface area contributed by atoms with Crippen LogP contribution in [0.5, 0.6) is 0 Å². The maximum Gasteiger partial charge on any atom is 0.258 e. The minimum absolute atomic E-state index is 0.181. The number of hydrogen-bond acceptors (Lipinski definition) is 6. The summed E-state index contributed by atoms with van der Waals surface area (Å²) in [5.41, 5.74) is 1.48. The quantitative estimate of drug-likeness (QED) is 0.517. The van der Waals surface area contributed by atoms with Crippen molar-refractivity contribution >= 4 is 34.4 Å². The Labute approximate surface area is 153 Å². The molecule has 27 heavy (non-hydrogen) atoms. The first-order valence-corrected chi connectivity index (χ1v) is 8.13. The van der Waals surface area contributed by atoms with Crippen LogP contribution in [0.2, 0.25) is 0 Å². The molecule has 1 amide bonds. The molecular weight excluding hydrogens is 344 g/mol. The van der Waals surface area contributed by atoms with Crippen LogP contribution in [-0.2, 0) is 0 Å². The largest absolute Gasteiger partial charge is 0.339 e. The Bertz CT molecular complexity index is 1170. The van der Waals surface area contributed by atoms with Crippen LogP contribution < -0.4 is 16.2 Å². The van der Waals surface area contributed by atoms with E-state index in [1.54, 1.807) is 54.9 Å². The molecule has 0 radical (unpaired) electrons. The summed E-state index contributed by atoms with van der Waals surface area (Å²) in [6.45, 7) is 0. The van der Waals surface area contributed by atoms with Crippen molar-refractivity contribution in [3.05, 3.63) is 82.9 Å². The van der Waals surface area contributed by atoms with E-state index in [1.807, 2.05) is 6.07 Å². The lowest BCUT2D eigenvalue weighted by molar-refractivity contribution is 0.102. The third-order valence-corrected chi connectivity index (χ3v) is 3.81. The fourth-order valence-electron chi connectivity index (χ4n) is 2.56. The predicted molar refractivity (Wildman–Crippen MR) is 102 cm³/mol. The first-order valence-electron chi connectivity index (χ1n) is 8.13. The molecule has 0 fully saturated rings. The van der Waals surface area contributed by atoms with Crippen LogP contribution in [0.4, 0.5) is 17.5 Å². The van der Waals surface area contributed by atoms with Crippen molar-refractivity contribution < 1.29 is 4.79 Å². The van der Waals surface area contributed by atoms with Gasteiger partial charge in [0.25, 0.3) is 5.91 Å². The Kier molecular flexibility index (Phi) is 4.28. The Morgan fingerprint density at radius 1 is 0.926 bits per heavy atom. The molecule has 3 N–H and O–H groups in total. The summed E-state index contributed by atoms with van der Waals surface area (Å²) < 4.78 is 0. The van der Waals surface area contributed by atoms with Crippen LogP contribution >= 0.6 is 0 Å². The van der Waals surface area contributed by atoms with Crippen LogP contribution in [0.1, 0.15) is 10.4 Å². The van der Waals surface area contributed by atoms with Crippen molar-refractivity contribution in [2.45, 2.75) is 0 Å². The molecule has 132 valence electrons. The normalized spacial score (nSPS) is 10.5. The molecule has 0 aliphatic carbocycles. The Hall–Kier alpha value is -4.07. The molecular formula is C19H14N6O2. The zero-order chi connectivity index (χ0) is 18.6. The average Bonchev–Trinajstić information content (AvgIpc) is 2.69. The number of aromatic amines is 1. The number of fused-ring (bicyclic) bond motifs is 1. The molecule has 8 heteroatoms. The molecule has 3 heterocycles. The van der Waals surface area contributed by atoms with Gasteiger partial charge in [-0.2, -0.15) is 4.98 Å². The number of amides is 1. The van der Waals surface area contributed by atoms with Crippen LogP contribution in [0.15, 0.2) is 71.8 Å². The third kappa shape index (κ3) is 3.64. The number of aromatic nitrogens is 4. The van der Waals surface area contributed by atoms with Crippen molar-refractivity contribution in [2.75, 3.05) is 10.6 Å². The van der Waals surface area contributed by atoms with Gasteiger partial charge < -0.3 is 10.3 Å². The molecule has 0 atom stereocenters. The van der Waals surface area contributed by atoms with E-state index in [2.05, 4.69) is 30.6 Å². The van der Waals surface area contributed by atoms with E-state index < -0.39 is 0 Å². The number of H-pyrrole nitrogens is 1. The second-order valence-electron chi connectivity index (χ2n) is 5.65. The summed E-state index contributed by atoms with van der Waals surface area (Å²) in [4.78, 5) is 38.9. The number of carbonyl (C=O) groups is 1. The minimum Gasteiger partial charge on any atom is -0.339 e. The molecule has 1 aromatic carbocycles. The number of hydrogen-bond donors (Lipinski definition) is 3. The summed E-state index contributed by atoms with van der Waals surface area (Å²) in [5.74, 6) is 0.382. The molecule has 0 saturated carbocycles. The number of anilines is 3. The molecule has 0 aliphatic rings. The highest BCUT2D eigenvalue weighted by atomic mass is 16.1. The third-order valence-electron chi connectivity index (χ3n) is 3.81. The average molecular weight is 358 g/mol. The van der Waals surface area contributed by atoms with E-state index in [0.717, 1.165) is 11.1 Å². The number of nitrogens with zero attached hydrogens (tertiary/aromatic N) is 3. The summed E-state index contributed by atoms with van der Waals surface area (Å²) in [5, 5.41) is 6.56. The second kappa shape index (κ2) is 7.04. The predicted octanol–water partition coefficient (Wildman–Crippen LogP) is 2.71. The van der Waals surface area contributed by atoms with E-state index in [1.165, 1.54) is 6.07 Å². The smallest absolute Gasteiger partial charge is 0.258 e. The van der Waals surface area contributed by atoms with E-state index in [4.69, 9.17) is 0 Å². The Morgan fingerprint density at radius 2 is 1.74 bits per heavy atom. The minimum atomic E-state index is -0.292. The maximum absolute atomic E-state index is 12.2. The van der Waals surface area contributed by atoms with Gasteiger partial charge in [-0.05, 0) is 30.3 Å². The van der Waals surface area contributed by atoms with Gasteiger partial charge in [0.1, 0.15) is 11.5 Å². The monoisotopic (exact) mass is 358 g/mol. The van der Waals surface area contributed by atoms with Crippen molar-refractivity contribution in [3.63, 3.8) is 0 Å². The van der Waals surface area contributed by atoms with Crippen LogP contribution in [-0.4, -0.2) is 25.8 Å². The van der Waals surface area contributed by atoms with Crippen molar-refractivity contribution in [3.8, 4) is 0 Å². The van der Waals surface area contributed by atoms with Gasteiger partial charge in [0.2, 0.25) is 11.5 Å². The van der Waals surface area contributed by atoms with Crippen LogP contribution in [0.3, 0.4) is 0 Å². The number of pyridine rings is 2. The first-order chi connectivity index (χ1) is 13.2. The highest BCUT2D eigenvalue weighted by Gasteiger charge is 2.09. The molecule has 4 aromatic rings. The number of carbonyl (C=O) groups excluding carboxylic acids is 1. The van der Waals surface area contributed by atoms with E-state index in [0.29, 0.717) is 17.0 Å². The Morgan fingerprint density at radius 3 is 2.59 bits per heavy atom. The fourth-order valence-corrected chi connectivity index (χ4v) is 2.56. The highest BCUT2D eigenvalue weighted by Crippen LogP contribution is 2.22. The molecule has 0 unspecified atom stereocenters. The van der Waals surface area contributed by atoms with Gasteiger partial charge in [-0.15, -0.1) is 0 Å². The van der Waals surface area contributed by atoms with E-state index >= 15 is 0 Å². The lowest BCUT2D eigenvalue weighted by Crippen LogP contribution is -2.14. The summed E-state index contributed by atoms with van der Waals surface area (Å²) in [6, 6.07) is 15.4. The number of rotatable bonds is 4. The van der Waals surface area contributed by atoms with Gasteiger partial charge in [0, 0.05) is 29.4 Å². The topological polar surface area (TPSA) is 113 Å². The second-order valence-corrected chi connectivity index (χ2v) is 5.65. The van der Waals surface area contributed by atoms with Crippen molar-refractivity contribution in [2.24, 2.45) is 0 Å². The van der Waals surface area contributed by atoms with Gasteiger partial charge in [0.05, 0.1) is 5.69 Å². The first kappa shape index (κ1) is 16.4. The molecule has 0 saturated heterocycles. The summed E-state index contributed by atoms with van der Waals surface area (Å²) in [6.07, 6.45) is 3.13. The number of benzene rings is 1. The molecule has 8 nitrogen and oxygen atoms in total. The lowest BCUT2D eigenvalue weighted by atomic mass is 10.2.